The summed E-state index contributed by atoms with van der Waals surface area (Å²) in [7, 11) is 1.56. The number of hydrogen-bond donors (Lipinski definition) is 1. The fourth-order valence-corrected chi connectivity index (χ4v) is 4.29. The number of quaternary nitrogens is 1. The molecule has 2 N–H and O–H groups in total. The van der Waals surface area contributed by atoms with Crippen molar-refractivity contribution in [1.29, 1.82) is 0 Å². The topological polar surface area (TPSA) is 82.3 Å². The minimum absolute atomic E-state index is 0.325. The number of pyridine rings is 1. The lowest BCUT2D eigenvalue weighted by molar-refractivity contribution is -0.895. The molecular weight excluding hydrogens is 394 g/mol. The molecule has 3 rings (SSSR count). The van der Waals surface area contributed by atoms with Crippen LogP contribution in [0, 0.1) is 12.8 Å². The third-order valence-electron chi connectivity index (χ3n) is 6.18. The first-order valence-electron chi connectivity index (χ1n) is 10.8. The van der Waals surface area contributed by atoms with Crippen molar-refractivity contribution in [3.63, 3.8) is 0 Å². The Hall–Kier alpha value is -3.06. The number of ether oxygens (including phenoxy) is 1. The van der Waals surface area contributed by atoms with E-state index >= 15 is 0 Å². The molecule has 2 heterocycles. The molecule has 1 aliphatic rings. The average molecular weight is 426 g/mol. The number of nitrogens with one attached hydrogen (secondary N) is 2. The van der Waals surface area contributed by atoms with E-state index in [9.17, 15) is 14.4 Å². The molecule has 2 unspecified atom stereocenters. The van der Waals surface area contributed by atoms with Gasteiger partial charge in [-0.15, -0.1) is 0 Å². The van der Waals surface area contributed by atoms with Gasteiger partial charge in [0.2, 0.25) is 5.78 Å². The van der Waals surface area contributed by atoms with Gasteiger partial charge in [-0.2, -0.15) is 0 Å². The number of Topliss-reactive ketones (excluding diaryl/α,β-unsaturated/α-hetero) is 2. The highest BCUT2D eigenvalue weighted by molar-refractivity contribution is 6.44. The summed E-state index contributed by atoms with van der Waals surface area (Å²) < 4.78 is 5.23. The summed E-state index contributed by atoms with van der Waals surface area (Å²) in [5.41, 5.74) is 1.93. The van der Waals surface area contributed by atoms with Gasteiger partial charge in [-0.1, -0.05) is 0 Å². The molecule has 7 heteroatoms. The molecule has 7 nitrogen and oxygen atoms in total. The number of aromatic amines is 1. The van der Waals surface area contributed by atoms with Crippen molar-refractivity contribution in [3.8, 4) is 5.75 Å². The van der Waals surface area contributed by atoms with E-state index in [-0.39, 0.29) is 5.78 Å². The van der Waals surface area contributed by atoms with E-state index in [1.165, 1.54) is 4.90 Å². The number of ketones is 2. The van der Waals surface area contributed by atoms with Crippen molar-refractivity contribution in [2.24, 2.45) is 5.92 Å². The van der Waals surface area contributed by atoms with Gasteiger partial charge in [-0.3, -0.25) is 14.4 Å². The Balaban J connectivity index is 2.00. The van der Waals surface area contributed by atoms with E-state index in [0.717, 1.165) is 30.8 Å². The lowest BCUT2D eigenvalue weighted by Gasteiger charge is -2.28. The summed E-state index contributed by atoms with van der Waals surface area (Å²) in [6.45, 7) is 9.03. The third-order valence-corrected chi connectivity index (χ3v) is 6.18. The standard InChI is InChI=1S/C24H29N3O4/c1-5-26(6-2)13-14-27-21(17-9-11-25-12-10-17)20(23(29)24(27)30)22(28)19-8-7-18(31-4)15-16(19)3/h7-12,15,20-21H,5-6,13-14H2,1-4H3/p+2. The van der Waals surface area contributed by atoms with Crippen LogP contribution in [0.5, 0.6) is 5.75 Å². The minimum atomic E-state index is -1.06. The Morgan fingerprint density at radius 2 is 1.81 bits per heavy atom. The van der Waals surface area contributed by atoms with E-state index in [1.54, 1.807) is 42.6 Å². The Morgan fingerprint density at radius 3 is 2.39 bits per heavy atom. The summed E-state index contributed by atoms with van der Waals surface area (Å²) in [6, 6.07) is 8.19. The first-order valence-corrected chi connectivity index (χ1v) is 10.8. The highest BCUT2D eigenvalue weighted by atomic mass is 16.5. The lowest BCUT2D eigenvalue weighted by atomic mass is 9.85. The molecule has 0 aliphatic carbocycles. The van der Waals surface area contributed by atoms with E-state index in [1.807, 2.05) is 19.1 Å². The van der Waals surface area contributed by atoms with Crippen molar-refractivity contribution >= 4 is 17.5 Å². The molecule has 0 bridgehead atoms. The van der Waals surface area contributed by atoms with Crippen LogP contribution in [0.3, 0.4) is 0 Å². The zero-order chi connectivity index (χ0) is 22.5. The highest BCUT2D eigenvalue weighted by Crippen LogP contribution is 2.38. The molecule has 1 aliphatic heterocycles. The number of rotatable bonds is 9. The zero-order valence-corrected chi connectivity index (χ0v) is 18.6. The molecule has 1 amide bonds. The van der Waals surface area contributed by atoms with Gasteiger partial charge in [0, 0.05) is 17.7 Å². The SMILES string of the molecule is CC[NH+](CC)CCN1C(=O)C(=O)C(C(=O)c2ccc(OC)cc2C)C1c1cc[nH+]cc1. The number of methoxy groups -OCH3 is 1. The van der Waals surface area contributed by atoms with Gasteiger partial charge in [-0.25, -0.2) is 4.98 Å². The van der Waals surface area contributed by atoms with Crippen molar-refractivity contribution in [2.45, 2.75) is 26.8 Å². The quantitative estimate of drug-likeness (QED) is 0.364. The largest absolute Gasteiger partial charge is 0.497 e. The molecule has 1 aromatic carbocycles. The second kappa shape index (κ2) is 9.83. The van der Waals surface area contributed by atoms with Crippen molar-refractivity contribution in [2.75, 3.05) is 33.3 Å². The zero-order valence-electron chi connectivity index (χ0n) is 18.6. The second-order valence-corrected chi connectivity index (χ2v) is 7.87. The van der Waals surface area contributed by atoms with Crippen molar-refractivity contribution < 1.29 is 29.0 Å². The van der Waals surface area contributed by atoms with Crippen molar-refractivity contribution in [3.05, 3.63) is 59.4 Å². The van der Waals surface area contributed by atoms with E-state index in [0.29, 0.717) is 17.9 Å². The fraction of sp³-hybridized carbons (Fsp3) is 0.417. The maximum absolute atomic E-state index is 13.5. The number of aromatic nitrogens is 1. The number of nitrogens with zero attached hydrogens (tertiary/aromatic N) is 1. The van der Waals surface area contributed by atoms with Crippen LogP contribution in [0.2, 0.25) is 0 Å². The Labute approximate surface area is 183 Å². The Kier molecular flexibility index (Phi) is 7.17. The molecule has 31 heavy (non-hydrogen) atoms. The molecule has 0 spiro atoms. The molecule has 0 radical (unpaired) electrons. The Bertz CT molecular complexity index is 957. The van der Waals surface area contributed by atoms with Crippen LogP contribution in [0.25, 0.3) is 0 Å². The van der Waals surface area contributed by atoms with Crippen LogP contribution in [0.4, 0.5) is 0 Å². The minimum Gasteiger partial charge on any atom is -0.497 e. The maximum Gasteiger partial charge on any atom is 0.291 e. The number of carbonyl (C=O) groups is 3. The van der Waals surface area contributed by atoms with Crippen LogP contribution in [0.15, 0.2) is 42.7 Å². The lowest BCUT2D eigenvalue weighted by Crippen LogP contribution is -3.12. The predicted octanol–water partition coefficient (Wildman–Crippen LogP) is 0.694. The Morgan fingerprint density at radius 1 is 1.13 bits per heavy atom. The first-order chi connectivity index (χ1) is 14.9. The van der Waals surface area contributed by atoms with Gasteiger partial charge in [0.25, 0.3) is 5.91 Å². The van der Waals surface area contributed by atoms with Crippen LogP contribution < -0.4 is 14.6 Å². The van der Waals surface area contributed by atoms with Crippen LogP contribution in [-0.2, 0) is 9.59 Å². The van der Waals surface area contributed by atoms with Gasteiger partial charge >= 0.3 is 0 Å². The molecule has 1 aromatic heterocycles. The number of H-pyrrole nitrogens is 1. The smallest absolute Gasteiger partial charge is 0.291 e. The summed E-state index contributed by atoms with van der Waals surface area (Å²) >= 11 is 0. The number of aryl methyl sites for hydroxylation is 1. The fourth-order valence-electron chi connectivity index (χ4n) is 4.29. The van der Waals surface area contributed by atoms with E-state index in [4.69, 9.17) is 4.74 Å². The normalized spacial score (nSPS) is 18.7. The molecule has 1 fully saturated rings. The molecule has 164 valence electrons. The number of likely N-dealkylation sites (N-methyl/N-ethyl adjacent to an activating group) is 1. The number of benzene rings is 1. The van der Waals surface area contributed by atoms with Gasteiger partial charge in [0.05, 0.1) is 39.3 Å². The maximum atomic E-state index is 13.5. The molecule has 2 aromatic rings. The summed E-state index contributed by atoms with van der Waals surface area (Å²) in [4.78, 5) is 45.5. The summed E-state index contributed by atoms with van der Waals surface area (Å²) in [5.74, 6) is -1.95. The van der Waals surface area contributed by atoms with Crippen LogP contribution >= 0.6 is 0 Å². The average Bonchev–Trinajstić information content (AvgIpc) is 3.04. The molecule has 1 saturated heterocycles. The number of likely N-dealkylation sites (tertiary alicyclic amines) is 1. The molecular formula is C24H31N3O4+2. The van der Waals surface area contributed by atoms with E-state index < -0.39 is 23.7 Å². The van der Waals surface area contributed by atoms with Gasteiger partial charge in [-0.05, 0) is 50.1 Å². The predicted molar refractivity (Wildman–Crippen MR) is 115 cm³/mol. The monoisotopic (exact) mass is 425 g/mol. The van der Waals surface area contributed by atoms with E-state index in [2.05, 4.69) is 18.8 Å². The van der Waals surface area contributed by atoms with Crippen molar-refractivity contribution in [1.82, 2.24) is 4.90 Å². The third kappa shape index (κ3) is 4.51. The second-order valence-electron chi connectivity index (χ2n) is 7.87. The molecule has 2 atom stereocenters. The number of carbonyl (C=O) groups excluding carboxylic acids is 3. The van der Waals surface area contributed by atoms with Crippen LogP contribution in [0.1, 0.15) is 41.4 Å². The number of hydrogen-bond acceptors (Lipinski definition) is 4. The highest BCUT2D eigenvalue weighted by Gasteiger charge is 2.52. The van der Waals surface area contributed by atoms with Gasteiger partial charge in [0.15, 0.2) is 18.2 Å². The summed E-state index contributed by atoms with van der Waals surface area (Å²) in [5, 5.41) is 0. The van der Waals surface area contributed by atoms with Crippen LogP contribution in [-0.4, -0.2) is 55.7 Å². The number of amides is 1. The first kappa shape index (κ1) is 22.6. The summed E-state index contributed by atoms with van der Waals surface area (Å²) in [6.07, 6.45) is 3.49. The molecule has 0 saturated carbocycles. The van der Waals surface area contributed by atoms with Gasteiger partial charge < -0.3 is 14.5 Å². The van der Waals surface area contributed by atoms with Gasteiger partial charge in [0.1, 0.15) is 11.7 Å².